The van der Waals surface area contributed by atoms with E-state index in [1.54, 1.807) is 0 Å². The van der Waals surface area contributed by atoms with Crippen LogP contribution in [0.4, 0.5) is 0 Å². The number of aromatic nitrogens is 1. The molecule has 4 aliphatic rings. The minimum Gasteiger partial charge on any atom is -0.469 e. The Balaban J connectivity index is 1.21. The maximum absolute atomic E-state index is 14.0. The number of rotatable bonds is 4. The second kappa shape index (κ2) is 6.01. The number of methoxy groups -OCH3 is 1. The smallest absolute Gasteiger partial charge is 0.312 e. The van der Waals surface area contributed by atoms with E-state index >= 15 is 0 Å². The van der Waals surface area contributed by atoms with Crippen molar-refractivity contribution >= 4 is 45.4 Å². The van der Waals surface area contributed by atoms with Crippen LogP contribution < -0.4 is 5.32 Å². The number of nitrogens with one attached hydrogen (secondary N) is 1. The first-order chi connectivity index (χ1) is 16.4. The lowest BCUT2D eigenvalue weighted by Crippen LogP contribution is -2.84. The van der Waals surface area contributed by atoms with Gasteiger partial charge in [0.2, 0.25) is 0 Å². The van der Waals surface area contributed by atoms with Gasteiger partial charge in [0.15, 0.2) is 0 Å². The highest BCUT2D eigenvalue weighted by atomic mass is 127. The van der Waals surface area contributed by atoms with Crippen molar-refractivity contribution in [2.24, 2.45) is 40.9 Å². The topological polar surface area (TPSA) is 68.3 Å². The fraction of sp³-hybridized carbons (Fsp3) is 0.393. The average Bonchev–Trinajstić information content (AvgIpc) is 3.54. The van der Waals surface area contributed by atoms with Gasteiger partial charge in [0.1, 0.15) is 0 Å². The number of halogens is 1. The van der Waals surface area contributed by atoms with Gasteiger partial charge >= 0.3 is 5.97 Å². The van der Waals surface area contributed by atoms with Crippen molar-refractivity contribution in [3.05, 3.63) is 63.2 Å². The summed E-state index contributed by atoms with van der Waals surface area (Å²) in [6, 6.07) is 16.2. The Bertz CT molecular complexity index is 1450. The molecule has 0 bridgehead atoms. The van der Waals surface area contributed by atoms with E-state index in [4.69, 9.17) is 9.72 Å². The molecule has 1 N–H and O–H groups in total. The molecule has 4 aliphatic carbocycles. The number of ether oxygens (including phenoxy) is 1. The molecule has 5 nitrogen and oxygen atoms in total. The van der Waals surface area contributed by atoms with Crippen LogP contribution in [0.5, 0.6) is 0 Å². The highest BCUT2D eigenvalue weighted by Crippen LogP contribution is 3.00. The summed E-state index contributed by atoms with van der Waals surface area (Å²) < 4.78 is 6.30. The van der Waals surface area contributed by atoms with E-state index in [1.807, 2.05) is 49.4 Å². The van der Waals surface area contributed by atoms with E-state index in [9.17, 15) is 9.59 Å². The molecule has 34 heavy (non-hydrogen) atoms. The number of hydrogen-bond acceptors (Lipinski definition) is 4. The number of fused-ring (bicyclic) bond motifs is 12. The number of benzene rings is 2. The molecule has 0 saturated heterocycles. The SMILES string of the molecule is COC(=O)C12C3CC4(NC(=O)c5c(C)c(-c6ccccc6)nc6ccc(I)cc56)C5C3C1C4C52. The second-order valence-electron chi connectivity index (χ2n) is 10.9. The highest BCUT2D eigenvalue weighted by molar-refractivity contribution is 14.1. The number of pyridine rings is 1. The van der Waals surface area contributed by atoms with E-state index in [1.165, 1.54) is 7.11 Å². The lowest BCUT2D eigenvalue weighted by atomic mass is 9.27. The zero-order valence-electron chi connectivity index (χ0n) is 18.8. The number of carbonyl (C=O) groups is 2. The van der Waals surface area contributed by atoms with Crippen molar-refractivity contribution in [2.45, 2.75) is 18.9 Å². The molecule has 2 aromatic carbocycles. The molecule has 6 heteroatoms. The van der Waals surface area contributed by atoms with Crippen LogP contribution in [0.2, 0.25) is 0 Å². The molecular formula is C28H23IN2O3. The third-order valence-corrected chi connectivity index (χ3v) is 10.9. The standard InChI is InChI=1S/C28H23IN2O3/c1-12-18(15-10-14(29)8-9-17(15)30-24(12)13-6-4-3-5-7-13)25(32)31-27-11-16-19-20(27)23-22(27)21(19)28(16,23)26(33)34-2/h3-10,16,19-23H,11H2,1-2H3,(H,31,32). The predicted octanol–water partition coefficient (Wildman–Crippen LogP) is 4.60. The normalized spacial score (nSPS) is 38.8. The minimum absolute atomic E-state index is 0.000164. The lowest BCUT2D eigenvalue weighted by Gasteiger charge is -2.77. The zero-order chi connectivity index (χ0) is 23.1. The van der Waals surface area contributed by atoms with Crippen LogP contribution >= 0.6 is 22.6 Å². The molecule has 3 aromatic rings. The van der Waals surface area contributed by atoms with Gasteiger partial charge in [0, 0.05) is 20.1 Å². The zero-order valence-corrected chi connectivity index (χ0v) is 21.0. The summed E-state index contributed by atoms with van der Waals surface area (Å²) >= 11 is 2.30. The summed E-state index contributed by atoms with van der Waals surface area (Å²) in [6.45, 7) is 2.02. The van der Waals surface area contributed by atoms with E-state index in [-0.39, 0.29) is 22.8 Å². The first kappa shape index (κ1) is 19.8. The van der Waals surface area contributed by atoms with Gasteiger partial charge in [0.25, 0.3) is 5.91 Å². The van der Waals surface area contributed by atoms with Gasteiger partial charge in [-0.25, -0.2) is 4.98 Å². The van der Waals surface area contributed by atoms with Crippen LogP contribution in [0.25, 0.3) is 22.2 Å². The van der Waals surface area contributed by atoms with Crippen LogP contribution in [0.3, 0.4) is 0 Å². The third kappa shape index (κ3) is 1.83. The van der Waals surface area contributed by atoms with Gasteiger partial charge < -0.3 is 10.1 Å². The van der Waals surface area contributed by atoms with Crippen LogP contribution in [-0.4, -0.2) is 29.5 Å². The highest BCUT2D eigenvalue weighted by Gasteiger charge is 3.04. The fourth-order valence-electron chi connectivity index (χ4n) is 9.60. The Morgan fingerprint density at radius 2 is 1.88 bits per heavy atom. The molecule has 170 valence electrons. The summed E-state index contributed by atoms with van der Waals surface area (Å²) in [6.07, 6.45) is 0.923. The number of carbonyl (C=O) groups excluding carboxylic acids is 2. The van der Waals surface area contributed by atoms with E-state index < -0.39 is 0 Å². The molecule has 0 aliphatic heterocycles. The minimum atomic E-state index is -0.211. The van der Waals surface area contributed by atoms with E-state index in [0.29, 0.717) is 35.5 Å². The Morgan fingerprint density at radius 3 is 2.53 bits per heavy atom. The van der Waals surface area contributed by atoms with Crippen molar-refractivity contribution in [3.8, 4) is 11.3 Å². The first-order valence-electron chi connectivity index (χ1n) is 12.0. The van der Waals surface area contributed by atoms with Crippen LogP contribution in [0.15, 0.2) is 48.5 Å². The number of amides is 1. The van der Waals surface area contributed by atoms with Gasteiger partial charge in [-0.2, -0.15) is 0 Å². The molecule has 8 unspecified atom stereocenters. The van der Waals surface area contributed by atoms with Crippen molar-refractivity contribution < 1.29 is 14.3 Å². The summed E-state index contributed by atoms with van der Waals surface area (Å²) in [5.41, 5.74) is 4.02. The van der Waals surface area contributed by atoms with Crippen molar-refractivity contribution in [1.29, 1.82) is 0 Å². The summed E-state index contributed by atoms with van der Waals surface area (Å²) in [5, 5.41) is 4.47. The molecular weight excluding hydrogens is 539 g/mol. The summed E-state index contributed by atoms with van der Waals surface area (Å²) in [5.74, 6) is 2.72. The Hall–Kier alpha value is -2.48. The van der Waals surface area contributed by atoms with Gasteiger partial charge in [-0.1, -0.05) is 30.3 Å². The molecule has 1 amide bonds. The van der Waals surface area contributed by atoms with Gasteiger partial charge in [-0.15, -0.1) is 0 Å². The van der Waals surface area contributed by atoms with E-state index in [0.717, 1.165) is 43.3 Å². The maximum atomic E-state index is 14.0. The second-order valence-corrected chi connectivity index (χ2v) is 12.1. The maximum Gasteiger partial charge on any atom is 0.312 e. The van der Waals surface area contributed by atoms with Crippen molar-refractivity contribution in [3.63, 3.8) is 0 Å². The Labute approximate surface area is 210 Å². The van der Waals surface area contributed by atoms with Crippen molar-refractivity contribution in [2.75, 3.05) is 7.11 Å². The van der Waals surface area contributed by atoms with Gasteiger partial charge in [-0.3, -0.25) is 9.59 Å². The molecule has 4 saturated carbocycles. The van der Waals surface area contributed by atoms with Crippen LogP contribution in [-0.2, 0) is 9.53 Å². The molecule has 0 radical (unpaired) electrons. The number of nitrogens with zero attached hydrogens (tertiary/aromatic N) is 1. The van der Waals surface area contributed by atoms with Gasteiger partial charge in [-0.05, 0) is 95.2 Å². The van der Waals surface area contributed by atoms with E-state index in [2.05, 4.69) is 34.0 Å². The van der Waals surface area contributed by atoms with Crippen LogP contribution in [0, 0.1) is 51.4 Å². The summed E-state index contributed by atoms with van der Waals surface area (Å²) in [4.78, 5) is 31.6. The Kier molecular flexibility index (Phi) is 3.50. The predicted molar refractivity (Wildman–Crippen MR) is 135 cm³/mol. The molecule has 1 aromatic heterocycles. The van der Waals surface area contributed by atoms with Crippen LogP contribution in [0.1, 0.15) is 22.3 Å². The van der Waals surface area contributed by atoms with Crippen molar-refractivity contribution in [1.82, 2.24) is 10.3 Å². The Morgan fingerprint density at radius 1 is 1.09 bits per heavy atom. The largest absolute Gasteiger partial charge is 0.469 e. The molecule has 4 fully saturated rings. The molecule has 7 rings (SSSR count). The summed E-state index contributed by atoms with van der Waals surface area (Å²) in [7, 11) is 1.52. The van der Waals surface area contributed by atoms with Gasteiger partial charge in [0.05, 0.1) is 29.3 Å². The lowest BCUT2D eigenvalue weighted by molar-refractivity contribution is -0.295. The third-order valence-electron chi connectivity index (χ3n) is 10.3. The number of hydrogen-bond donors (Lipinski definition) is 1. The quantitative estimate of drug-likeness (QED) is 0.287. The molecule has 1 heterocycles. The molecule has 8 atom stereocenters. The fourth-order valence-corrected chi connectivity index (χ4v) is 10.1. The average molecular weight is 562 g/mol. The molecule has 0 spiro atoms. The number of esters is 1. The monoisotopic (exact) mass is 562 g/mol. The first-order valence-corrected chi connectivity index (χ1v) is 13.1.